The zero-order chi connectivity index (χ0) is 18.0. The number of hydrogen-bond donors (Lipinski definition) is 2. The predicted molar refractivity (Wildman–Crippen MR) is 81.4 cm³/mol. The van der Waals surface area contributed by atoms with Crippen LogP contribution in [-0.4, -0.2) is 21.0 Å². The summed E-state index contributed by atoms with van der Waals surface area (Å²) in [6, 6.07) is 7.38. The summed E-state index contributed by atoms with van der Waals surface area (Å²) in [5, 5.41) is 11.6. The molecule has 128 valence electrons. The molecule has 25 heavy (non-hydrogen) atoms. The SMILES string of the molecule is O=C(O)c1ccc(Nc2ncc(-c3ccc(C(F)(F)F)cc3)o2)cn1. The second-order valence-electron chi connectivity index (χ2n) is 4.97. The highest BCUT2D eigenvalue weighted by molar-refractivity contribution is 5.85. The van der Waals surface area contributed by atoms with Crippen molar-refractivity contribution in [2.45, 2.75) is 6.18 Å². The maximum atomic E-state index is 12.6. The molecule has 0 spiro atoms. The van der Waals surface area contributed by atoms with E-state index >= 15 is 0 Å². The Morgan fingerprint density at radius 2 is 1.76 bits per heavy atom. The molecule has 2 N–H and O–H groups in total. The summed E-state index contributed by atoms with van der Waals surface area (Å²) in [6.45, 7) is 0. The zero-order valence-corrected chi connectivity index (χ0v) is 12.4. The molecule has 0 bridgehead atoms. The van der Waals surface area contributed by atoms with Crippen molar-refractivity contribution in [1.82, 2.24) is 9.97 Å². The molecule has 3 aromatic rings. The lowest BCUT2D eigenvalue weighted by atomic mass is 10.1. The minimum absolute atomic E-state index is 0.0970. The Balaban J connectivity index is 1.75. The molecular formula is C16H10F3N3O3. The van der Waals surface area contributed by atoms with Gasteiger partial charge in [0, 0.05) is 5.56 Å². The van der Waals surface area contributed by atoms with Gasteiger partial charge in [-0.25, -0.2) is 14.8 Å². The highest BCUT2D eigenvalue weighted by Gasteiger charge is 2.30. The summed E-state index contributed by atoms with van der Waals surface area (Å²) < 4.78 is 43.1. The van der Waals surface area contributed by atoms with Crippen molar-refractivity contribution in [2.75, 3.05) is 5.32 Å². The summed E-state index contributed by atoms with van der Waals surface area (Å²) in [4.78, 5) is 18.4. The van der Waals surface area contributed by atoms with Gasteiger partial charge in [-0.2, -0.15) is 13.2 Å². The number of carbonyl (C=O) groups is 1. The number of nitrogens with one attached hydrogen (secondary N) is 1. The Kier molecular flexibility index (Phi) is 4.14. The molecule has 0 saturated heterocycles. The number of nitrogens with zero attached hydrogens (tertiary/aromatic N) is 2. The average Bonchev–Trinajstić information content (AvgIpc) is 3.03. The predicted octanol–water partition coefficient (Wildman–Crippen LogP) is 4.20. The van der Waals surface area contributed by atoms with Crippen LogP contribution in [0.15, 0.2) is 53.2 Å². The fraction of sp³-hybridized carbons (Fsp3) is 0.0625. The maximum absolute atomic E-state index is 12.6. The first-order valence-electron chi connectivity index (χ1n) is 6.93. The molecular weight excluding hydrogens is 339 g/mol. The van der Waals surface area contributed by atoms with Gasteiger partial charge in [-0.1, -0.05) is 12.1 Å². The Morgan fingerprint density at radius 1 is 1.04 bits per heavy atom. The van der Waals surface area contributed by atoms with Gasteiger partial charge in [0.25, 0.3) is 6.01 Å². The number of carboxylic acid groups (broad SMARTS) is 1. The average molecular weight is 349 g/mol. The van der Waals surface area contributed by atoms with Gasteiger partial charge in [0.1, 0.15) is 5.69 Å². The molecule has 3 rings (SSSR count). The van der Waals surface area contributed by atoms with E-state index in [9.17, 15) is 18.0 Å². The second-order valence-corrected chi connectivity index (χ2v) is 4.97. The van der Waals surface area contributed by atoms with Crippen molar-refractivity contribution in [3.63, 3.8) is 0 Å². The van der Waals surface area contributed by atoms with Gasteiger partial charge in [-0.3, -0.25) is 0 Å². The fourth-order valence-electron chi connectivity index (χ4n) is 2.01. The van der Waals surface area contributed by atoms with Crippen LogP contribution >= 0.6 is 0 Å². The van der Waals surface area contributed by atoms with Crippen LogP contribution in [0, 0.1) is 0 Å². The molecule has 0 atom stereocenters. The first-order chi connectivity index (χ1) is 11.8. The topological polar surface area (TPSA) is 88.2 Å². The molecule has 6 nitrogen and oxygen atoms in total. The summed E-state index contributed by atoms with van der Waals surface area (Å²) in [5.41, 5.74) is 0.0285. The van der Waals surface area contributed by atoms with E-state index in [2.05, 4.69) is 15.3 Å². The Hall–Kier alpha value is -3.36. The molecule has 0 amide bonds. The minimum atomic E-state index is -4.40. The smallest absolute Gasteiger partial charge is 0.416 e. The van der Waals surface area contributed by atoms with Gasteiger partial charge >= 0.3 is 12.1 Å². The highest BCUT2D eigenvalue weighted by atomic mass is 19.4. The van der Waals surface area contributed by atoms with Crippen LogP contribution in [0.1, 0.15) is 16.1 Å². The van der Waals surface area contributed by atoms with Gasteiger partial charge in [-0.15, -0.1) is 0 Å². The third-order valence-electron chi connectivity index (χ3n) is 3.24. The van der Waals surface area contributed by atoms with E-state index in [0.717, 1.165) is 12.1 Å². The molecule has 0 aliphatic carbocycles. The third-order valence-corrected chi connectivity index (χ3v) is 3.24. The number of benzene rings is 1. The monoisotopic (exact) mass is 349 g/mol. The summed E-state index contributed by atoms with van der Waals surface area (Å²) >= 11 is 0. The summed E-state index contributed by atoms with van der Waals surface area (Å²) in [6.07, 6.45) is -1.74. The molecule has 2 aromatic heterocycles. The van der Waals surface area contributed by atoms with Crippen molar-refractivity contribution in [3.8, 4) is 11.3 Å². The number of anilines is 2. The zero-order valence-electron chi connectivity index (χ0n) is 12.4. The minimum Gasteiger partial charge on any atom is -0.477 e. The normalized spacial score (nSPS) is 11.3. The molecule has 0 unspecified atom stereocenters. The maximum Gasteiger partial charge on any atom is 0.416 e. The Bertz CT molecular complexity index is 887. The molecule has 9 heteroatoms. The number of rotatable bonds is 4. The number of halogens is 3. The van der Waals surface area contributed by atoms with E-state index in [0.29, 0.717) is 11.3 Å². The molecule has 0 fully saturated rings. The summed E-state index contributed by atoms with van der Waals surface area (Å²) in [5.74, 6) is -0.862. The van der Waals surface area contributed by atoms with E-state index in [1.807, 2.05) is 0 Å². The van der Waals surface area contributed by atoms with Gasteiger partial charge in [0.05, 0.1) is 23.6 Å². The van der Waals surface area contributed by atoms with E-state index in [-0.39, 0.29) is 17.5 Å². The Morgan fingerprint density at radius 3 is 2.32 bits per heavy atom. The molecule has 0 saturated carbocycles. The summed E-state index contributed by atoms with van der Waals surface area (Å²) in [7, 11) is 0. The molecule has 2 heterocycles. The number of pyridine rings is 1. The van der Waals surface area contributed by atoms with Crippen LogP contribution in [0.3, 0.4) is 0 Å². The lowest BCUT2D eigenvalue weighted by Crippen LogP contribution is -2.03. The molecule has 0 aliphatic rings. The lowest BCUT2D eigenvalue weighted by Gasteiger charge is -2.06. The van der Waals surface area contributed by atoms with Crippen LogP contribution in [0.2, 0.25) is 0 Å². The first kappa shape index (κ1) is 16.5. The van der Waals surface area contributed by atoms with Gasteiger partial charge in [0.15, 0.2) is 5.76 Å². The molecule has 0 radical (unpaired) electrons. The number of aromatic nitrogens is 2. The molecule has 0 aliphatic heterocycles. The molecule has 1 aromatic carbocycles. The fourth-order valence-corrected chi connectivity index (χ4v) is 2.01. The lowest BCUT2D eigenvalue weighted by molar-refractivity contribution is -0.137. The van der Waals surface area contributed by atoms with Crippen LogP contribution < -0.4 is 5.32 Å². The van der Waals surface area contributed by atoms with Crippen LogP contribution in [0.4, 0.5) is 24.9 Å². The standard InChI is InChI=1S/C16H10F3N3O3/c17-16(18,19)10-3-1-9(2-4-10)13-8-21-15(25-13)22-11-5-6-12(14(23)24)20-7-11/h1-8H,(H,21,22)(H,23,24). The largest absolute Gasteiger partial charge is 0.477 e. The van der Waals surface area contributed by atoms with E-state index in [4.69, 9.17) is 9.52 Å². The Labute approximate surface area is 139 Å². The van der Waals surface area contributed by atoms with Crippen molar-refractivity contribution in [1.29, 1.82) is 0 Å². The number of aromatic carboxylic acids is 1. The third kappa shape index (κ3) is 3.77. The van der Waals surface area contributed by atoms with E-state index in [1.54, 1.807) is 0 Å². The van der Waals surface area contributed by atoms with Crippen LogP contribution in [-0.2, 0) is 6.18 Å². The quantitative estimate of drug-likeness (QED) is 0.734. The van der Waals surface area contributed by atoms with Crippen molar-refractivity contribution in [3.05, 3.63) is 60.0 Å². The van der Waals surface area contributed by atoms with Gasteiger partial charge in [-0.05, 0) is 24.3 Å². The number of hydrogen-bond acceptors (Lipinski definition) is 5. The van der Waals surface area contributed by atoms with Crippen LogP contribution in [0.25, 0.3) is 11.3 Å². The van der Waals surface area contributed by atoms with E-state index < -0.39 is 17.7 Å². The highest BCUT2D eigenvalue weighted by Crippen LogP contribution is 2.31. The van der Waals surface area contributed by atoms with Crippen molar-refractivity contribution >= 4 is 17.7 Å². The second kappa shape index (κ2) is 6.27. The van der Waals surface area contributed by atoms with Crippen molar-refractivity contribution < 1.29 is 27.5 Å². The number of oxazole rings is 1. The van der Waals surface area contributed by atoms with Gasteiger partial charge in [0.2, 0.25) is 0 Å². The van der Waals surface area contributed by atoms with Gasteiger partial charge < -0.3 is 14.8 Å². The van der Waals surface area contributed by atoms with Crippen molar-refractivity contribution in [2.24, 2.45) is 0 Å². The number of alkyl halides is 3. The first-order valence-corrected chi connectivity index (χ1v) is 6.93. The van der Waals surface area contributed by atoms with Crippen LogP contribution in [0.5, 0.6) is 0 Å². The van der Waals surface area contributed by atoms with E-state index in [1.165, 1.54) is 36.7 Å². The number of carboxylic acids is 1.